The van der Waals surface area contributed by atoms with Gasteiger partial charge in [-0.05, 0) is 0 Å². The largest absolute Gasteiger partial charge is 0.347 e. The lowest BCUT2D eigenvalue weighted by Gasteiger charge is -1.98. The van der Waals surface area contributed by atoms with Gasteiger partial charge in [0.25, 0.3) is 5.91 Å². The van der Waals surface area contributed by atoms with Gasteiger partial charge in [-0.3, -0.25) is 4.79 Å². The molecule has 72 valence electrons. The van der Waals surface area contributed by atoms with E-state index >= 15 is 0 Å². The smallest absolute Gasteiger partial charge is 0.273 e. The van der Waals surface area contributed by atoms with Crippen molar-refractivity contribution in [3.05, 3.63) is 30.1 Å². The highest BCUT2D eigenvalue weighted by Crippen LogP contribution is 1.92. The van der Waals surface area contributed by atoms with Crippen LogP contribution in [0.15, 0.2) is 18.7 Å². The lowest BCUT2D eigenvalue weighted by molar-refractivity contribution is 0.0945. The maximum atomic E-state index is 11.3. The van der Waals surface area contributed by atoms with Crippen LogP contribution in [-0.2, 0) is 6.54 Å². The molecule has 7 nitrogen and oxygen atoms in total. The zero-order valence-electron chi connectivity index (χ0n) is 7.19. The van der Waals surface area contributed by atoms with Crippen molar-refractivity contribution >= 4 is 5.91 Å². The van der Waals surface area contributed by atoms with Gasteiger partial charge in [0.2, 0.25) is 0 Å². The van der Waals surface area contributed by atoms with Gasteiger partial charge in [0.15, 0.2) is 5.69 Å². The molecule has 1 amide bonds. The minimum absolute atomic E-state index is 0.268. The Morgan fingerprint density at radius 3 is 3.07 bits per heavy atom. The quantitative estimate of drug-likeness (QED) is 0.608. The summed E-state index contributed by atoms with van der Waals surface area (Å²) >= 11 is 0. The number of H-pyrrole nitrogens is 2. The Balaban J connectivity index is 1.90. The van der Waals surface area contributed by atoms with E-state index in [1.54, 1.807) is 12.5 Å². The zero-order valence-corrected chi connectivity index (χ0v) is 7.19. The summed E-state index contributed by atoms with van der Waals surface area (Å²) in [7, 11) is 0. The zero-order chi connectivity index (χ0) is 9.80. The van der Waals surface area contributed by atoms with Crippen LogP contribution in [0.5, 0.6) is 0 Å². The number of nitrogens with zero attached hydrogens (tertiary/aromatic N) is 3. The fraction of sp³-hybridized carbons (Fsp3) is 0.143. The third-order valence-electron chi connectivity index (χ3n) is 1.64. The van der Waals surface area contributed by atoms with Crippen molar-refractivity contribution in [2.45, 2.75) is 6.54 Å². The molecule has 0 fully saturated rings. The molecule has 0 aliphatic heterocycles. The van der Waals surface area contributed by atoms with Crippen molar-refractivity contribution in [2.75, 3.05) is 0 Å². The predicted molar refractivity (Wildman–Crippen MR) is 46.1 cm³/mol. The highest BCUT2D eigenvalue weighted by molar-refractivity contribution is 5.91. The van der Waals surface area contributed by atoms with Crippen LogP contribution >= 0.6 is 0 Å². The molecule has 2 aromatic rings. The average molecular weight is 192 g/mol. The topological polar surface area (TPSA) is 99.4 Å². The number of imidazole rings is 1. The van der Waals surface area contributed by atoms with Crippen molar-refractivity contribution in [1.29, 1.82) is 0 Å². The highest BCUT2D eigenvalue weighted by Gasteiger charge is 2.07. The van der Waals surface area contributed by atoms with Crippen molar-refractivity contribution in [2.24, 2.45) is 0 Å². The summed E-state index contributed by atoms with van der Waals surface area (Å²) in [6.07, 6.45) is 4.56. The van der Waals surface area contributed by atoms with E-state index in [1.807, 2.05) is 0 Å². The second-order valence-corrected chi connectivity index (χ2v) is 2.61. The Kier molecular flexibility index (Phi) is 2.22. The summed E-state index contributed by atoms with van der Waals surface area (Å²) in [5.74, 6) is -0.270. The molecule has 2 heterocycles. The molecule has 0 aliphatic carbocycles. The van der Waals surface area contributed by atoms with Crippen LogP contribution in [-0.4, -0.2) is 31.3 Å². The van der Waals surface area contributed by atoms with Crippen molar-refractivity contribution in [3.8, 4) is 0 Å². The fourth-order valence-electron chi connectivity index (χ4n) is 0.958. The van der Waals surface area contributed by atoms with E-state index in [-0.39, 0.29) is 11.6 Å². The number of hydrogen-bond acceptors (Lipinski definition) is 4. The van der Waals surface area contributed by atoms with Gasteiger partial charge in [-0.15, -0.1) is 0 Å². The van der Waals surface area contributed by atoms with E-state index in [1.165, 1.54) is 6.20 Å². The van der Waals surface area contributed by atoms with E-state index in [4.69, 9.17) is 0 Å². The van der Waals surface area contributed by atoms with E-state index < -0.39 is 0 Å². The van der Waals surface area contributed by atoms with E-state index in [2.05, 4.69) is 30.7 Å². The molecule has 0 saturated heterocycles. The van der Waals surface area contributed by atoms with Gasteiger partial charge in [-0.2, -0.15) is 15.4 Å². The van der Waals surface area contributed by atoms with Gasteiger partial charge < -0.3 is 10.3 Å². The van der Waals surface area contributed by atoms with E-state index in [9.17, 15) is 4.79 Å². The van der Waals surface area contributed by atoms with Crippen LogP contribution < -0.4 is 5.32 Å². The molecule has 2 aromatic heterocycles. The molecule has 14 heavy (non-hydrogen) atoms. The van der Waals surface area contributed by atoms with Crippen molar-refractivity contribution in [3.63, 3.8) is 0 Å². The molecular weight excluding hydrogens is 184 g/mol. The lowest BCUT2D eigenvalue weighted by Crippen LogP contribution is -2.23. The number of hydrogen-bond donors (Lipinski definition) is 3. The van der Waals surface area contributed by atoms with Crippen LogP contribution in [0.2, 0.25) is 0 Å². The first kappa shape index (κ1) is 8.42. The molecule has 0 saturated carbocycles. The first-order valence-electron chi connectivity index (χ1n) is 3.97. The van der Waals surface area contributed by atoms with Crippen molar-refractivity contribution in [1.82, 2.24) is 30.7 Å². The number of aromatic amines is 2. The summed E-state index contributed by atoms with van der Waals surface area (Å²) in [5, 5.41) is 12.2. The molecule has 0 aliphatic rings. The van der Waals surface area contributed by atoms with Crippen LogP contribution in [0.1, 0.15) is 16.2 Å². The highest BCUT2D eigenvalue weighted by atomic mass is 16.1. The Hall–Kier alpha value is -2.18. The standard InChI is InChI=1S/C7H8N6O/c14-7(6-3-11-13-12-6)9-2-5-1-8-4-10-5/h1,3-4H,2H2,(H,8,10)(H,9,14)(H,11,12,13). The van der Waals surface area contributed by atoms with Crippen LogP contribution in [0, 0.1) is 0 Å². The number of carbonyl (C=O) groups is 1. The summed E-state index contributed by atoms with van der Waals surface area (Å²) < 4.78 is 0. The maximum Gasteiger partial charge on any atom is 0.273 e. The summed E-state index contributed by atoms with van der Waals surface area (Å²) in [5.41, 5.74) is 1.10. The molecule has 0 aromatic carbocycles. The number of carbonyl (C=O) groups excluding carboxylic acids is 1. The second kappa shape index (κ2) is 3.69. The minimum atomic E-state index is -0.270. The fourth-order valence-corrected chi connectivity index (χ4v) is 0.958. The number of aromatic nitrogens is 5. The second-order valence-electron chi connectivity index (χ2n) is 2.61. The molecule has 0 bridgehead atoms. The minimum Gasteiger partial charge on any atom is -0.347 e. The summed E-state index contributed by atoms with van der Waals surface area (Å²) in [6.45, 7) is 0.395. The Bertz CT molecular complexity index is 392. The van der Waals surface area contributed by atoms with E-state index in [0.29, 0.717) is 6.54 Å². The van der Waals surface area contributed by atoms with Crippen LogP contribution in [0.3, 0.4) is 0 Å². The van der Waals surface area contributed by atoms with Gasteiger partial charge in [-0.25, -0.2) is 4.98 Å². The monoisotopic (exact) mass is 192 g/mol. The third-order valence-corrected chi connectivity index (χ3v) is 1.64. The normalized spacial score (nSPS) is 10.0. The molecule has 0 unspecified atom stereocenters. The van der Waals surface area contributed by atoms with Gasteiger partial charge >= 0.3 is 0 Å². The molecule has 0 spiro atoms. The van der Waals surface area contributed by atoms with Crippen LogP contribution in [0.25, 0.3) is 0 Å². The Morgan fingerprint density at radius 1 is 1.50 bits per heavy atom. The summed E-state index contributed by atoms with van der Waals surface area (Å²) in [6, 6.07) is 0. The maximum absolute atomic E-state index is 11.3. The number of amides is 1. The van der Waals surface area contributed by atoms with Crippen molar-refractivity contribution < 1.29 is 4.79 Å². The third kappa shape index (κ3) is 1.76. The lowest BCUT2D eigenvalue weighted by atomic mass is 10.4. The first-order valence-corrected chi connectivity index (χ1v) is 3.97. The van der Waals surface area contributed by atoms with Crippen LogP contribution in [0.4, 0.5) is 0 Å². The van der Waals surface area contributed by atoms with Gasteiger partial charge in [-0.1, -0.05) is 0 Å². The Labute approximate surface area is 78.9 Å². The molecule has 0 atom stereocenters. The predicted octanol–water partition coefficient (Wildman–Crippen LogP) is -0.542. The molecule has 2 rings (SSSR count). The average Bonchev–Trinajstić information content (AvgIpc) is 2.87. The van der Waals surface area contributed by atoms with Gasteiger partial charge in [0, 0.05) is 6.20 Å². The summed E-state index contributed by atoms with van der Waals surface area (Å²) in [4.78, 5) is 18.0. The number of rotatable bonds is 3. The van der Waals surface area contributed by atoms with Gasteiger partial charge in [0.1, 0.15) is 0 Å². The molecule has 0 radical (unpaired) electrons. The molecular formula is C7H8N6O. The van der Waals surface area contributed by atoms with Gasteiger partial charge in [0.05, 0.1) is 24.8 Å². The number of nitrogens with one attached hydrogen (secondary N) is 3. The molecule has 3 N–H and O–H groups in total. The van der Waals surface area contributed by atoms with E-state index in [0.717, 1.165) is 5.69 Å². The first-order chi connectivity index (χ1) is 6.86. The molecule has 7 heteroatoms. The SMILES string of the molecule is O=C(NCc1cnc[nH]1)c1cn[nH]n1. The Morgan fingerprint density at radius 2 is 2.43 bits per heavy atom.